The molecule has 0 radical (unpaired) electrons. The molecule has 21 heavy (non-hydrogen) atoms. The van der Waals surface area contributed by atoms with E-state index in [0.717, 1.165) is 40.1 Å². The van der Waals surface area contributed by atoms with Crippen LogP contribution in [0.25, 0.3) is 0 Å². The molecule has 0 aliphatic carbocycles. The van der Waals surface area contributed by atoms with Crippen LogP contribution in [0, 0.1) is 5.92 Å². The van der Waals surface area contributed by atoms with Gasteiger partial charge >= 0.3 is 0 Å². The normalized spacial score (nSPS) is 12.6. The summed E-state index contributed by atoms with van der Waals surface area (Å²) in [5, 5.41) is 14.9. The van der Waals surface area contributed by atoms with Crippen molar-refractivity contribution in [1.29, 1.82) is 0 Å². The molecule has 2 rings (SSSR count). The van der Waals surface area contributed by atoms with Crippen LogP contribution in [0.2, 0.25) is 5.02 Å². The van der Waals surface area contributed by atoms with Gasteiger partial charge in [-0.15, -0.1) is 0 Å². The highest BCUT2D eigenvalue weighted by molar-refractivity contribution is 9.10. The van der Waals surface area contributed by atoms with Gasteiger partial charge < -0.3 is 5.11 Å². The molecular formula is C16H20BrClN2O. The standard InChI is InChI=1S/C16H20BrClN2O/c1-3-14-16(17)15(20(2)19-14)9-12(10-21)8-11-4-6-13(18)7-5-11/h4-7,12,21H,3,8-10H2,1-2H3. The lowest BCUT2D eigenvalue weighted by atomic mass is 9.95. The number of aromatic nitrogens is 2. The molecule has 0 fully saturated rings. The zero-order valence-corrected chi connectivity index (χ0v) is 14.7. The van der Waals surface area contributed by atoms with E-state index in [4.69, 9.17) is 11.6 Å². The Labute approximate surface area is 139 Å². The van der Waals surface area contributed by atoms with Gasteiger partial charge in [0.05, 0.1) is 15.9 Å². The van der Waals surface area contributed by atoms with E-state index in [1.54, 1.807) is 0 Å². The minimum atomic E-state index is 0.154. The zero-order valence-electron chi connectivity index (χ0n) is 12.3. The first-order valence-electron chi connectivity index (χ1n) is 7.10. The Morgan fingerprint density at radius 1 is 1.29 bits per heavy atom. The highest BCUT2D eigenvalue weighted by atomic mass is 79.9. The van der Waals surface area contributed by atoms with Gasteiger partial charge in [0.25, 0.3) is 0 Å². The zero-order chi connectivity index (χ0) is 15.4. The van der Waals surface area contributed by atoms with Gasteiger partial charge in [-0.1, -0.05) is 30.7 Å². The van der Waals surface area contributed by atoms with Crippen LogP contribution in [-0.4, -0.2) is 21.5 Å². The molecule has 1 aromatic carbocycles. The maximum Gasteiger partial charge on any atom is 0.0766 e. The Balaban J connectivity index is 2.12. The first-order valence-corrected chi connectivity index (χ1v) is 8.27. The monoisotopic (exact) mass is 370 g/mol. The lowest BCUT2D eigenvalue weighted by molar-refractivity contribution is 0.223. The molecule has 1 N–H and O–H groups in total. The van der Waals surface area contributed by atoms with Crippen molar-refractivity contribution in [3.8, 4) is 0 Å². The predicted molar refractivity (Wildman–Crippen MR) is 89.7 cm³/mol. The van der Waals surface area contributed by atoms with Gasteiger partial charge in [-0.3, -0.25) is 4.68 Å². The molecule has 1 aromatic heterocycles. The number of halogens is 2. The number of aliphatic hydroxyl groups is 1. The number of aliphatic hydroxyl groups excluding tert-OH is 1. The molecule has 0 aliphatic heterocycles. The Bertz CT molecular complexity index is 595. The maximum atomic E-state index is 9.68. The van der Waals surface area contributed by atoms with Crippen LogP contribution >= 0.6 is 27.5 Å². The van der Waals surface area contributed by atoms with Crippen molar-refractivity contribution in [3.63, 3.8) is 0 Å². The van der Waals surface area contributed by atoms with Crippen molar-refractivity contribution in [1.82, 2.24) is 9.78 Å². The largest absolute Gasteiger partial charge is 0.396 e. The fourth-order valence-corrected chi connectivity index (χ4v) is 3.37. The first kappa shape index (κ1) is 16.5. The predicted octanol–water partition coefficient (Wildman–Crippen LogP) is 3.79. The highest BCUT2D eigenvalue weighted by Crippen LogP contribution is 2.25. The molecule has 1 unspecified atom stereocenters. The second kappa shape index (κ2) is 7.43. The highest BCUT2D eigenvalue weighted by Gasteiger charge is 2.17. The smallest absolute Gasteiger partial charge is 0.0766 e. The third-order valence-electron chi connectivity index (χ3n) is 3.68. The quantitative estimate of drug-likeness (QED) is 0.839. The van der Waals surface area contributed by atoms with Crippen molar-refractivity contribution < 1.29 is 5.11 Å². The Morgan fingerprint density at radius 2 is 1.95 bits per heavy atom. The number of benzene rings is 1. The summed E-state index contributed by atoms with van der Waals surface area (Å²) >= 11 is 9.54. The third-order valence-corrected chi connectivity index (χ3v) is 4.85. The fraction of sp³-hybridized carbons (Fsp3) is 0.438. The second-order valence-corrected chi connectivity index (χ2v) is 6.50. The summed E-state index contributed by atoms with van der Waals surface area (Å²) < 4.78 is 2.98. The number of aryl methyl sites for hydroxylation is 2. The summed E-state index contributed by atoms with van der Waals surface area (Å²) in [6, 6.07) is 7.81. The lowest BCUT2D eigenvalue weighted by Gasteiger charge is -2.15. The van der Waals surface area contributed by atoms with E-state index in [9.17, 15) is 5.11 Å². The average Bonchev–Trinajstić information content (AvgIpc) is 2.75. The van der Waals surface area contributed by atoms with Gasteiger partial charge in [0.2, 0.25) is 0 Å². The van der Waals surface area contributed by atoms with Gasteiger partial charge in [-0.05, 0) is 58.8 Å². The summed E-state index contributed by atoms with van der Waals surface area (Å²) in [7, 11) is 1.95. The van der Waals surface area contributed by atoms with E-state index in [2.05, 4.69) is 28.0 Å². The fourth-order valence-electron chi connectivity index (χ4n) is 2.47. The van der Waals surface area contributed by atoms with Gasteiger partial charge in [0.15, 0.2) is 0 Å². The minimum absolute atomic E-state index is 0.154. The van der Waals surface area contributed by atoms with Gasteiger partial charge in [0.1, 0.15) is 0 Å². The van der Waals surface area contributed by atoms with Crippen molar-refractivity contribution in [3.05, 3.63) is 50.7 Å². The summed E-state index contributed by atoms with van der Waals surface area (Å²) in [5.74, 6) is 0.169. The summed E-state index contributed by atoms with van der Waals surface area (Å²) in [6.45, 7) is 2.25. The van der Waals surface area contributed by atoms with E-state index in [1.807, 2.05) is 36.0 Å². The molecule has 2 aromatic rings. The first-order chi connectivity index (χ1) is 10.0. The van der Waals surface area contributed by atoms with E-state index in [1.165, 1.54) is 5.56 Å². The van der Waals surface area contributed by atoms with Gasteiger partial charge in [0, 0.05) is 18.7 Å². The maximum absolute atomic E-state index is 9.68. The van der Waals surface area contributed by atoms with Crippen molar-refractivity contribution in [2.75, 3.05) is 6.61 Å². The second-order valence-electron chi connectivity index (χ2n) is 5.27. The topological polar surface area (TPSA) is 38.0 Å². The molecule has 1 heterocycles. The van der Waals surface area contributed by atoms with E-state index in [-0.39, 0.29) is 12.5 Å². The molecule has 0 saturated carbocycles. The van der Waals surface area contributed by atoms with Crippen molar-refractivity contribution in [2.45, 2.75) is 26.2 Å². The van der Waals surface area contributed by atoms with Gasteiger partial charge in [-0.25, -0.2) is 0 Å². The van der Waals surface area contributed by atoms with E-state index < -0.39 is 0 Å². The SMILES string of the molecule is CCc1nn(C)c(CC(CO)Cc2ccc(Cl)cc2)c1Br. The molecule has 5 heteroatoms. The minimum Gasteiger partial charge on any atom is -0.396 e. The van der Waals surface area contributed by atoms with Crippen LogP contribution in [-0.2, 0) is 26.3 Å². The number of rotatable bonds is 6. The van der Waals surface area contributed by atoms with E-state index >= 15 is 0 Å². The average molecular weight is 372 g/mol. The number of nitrogens with zero attached hydrogens (tertiary/aromatic N) is 2. The van der Waals surface area contributed by atoms with Crippen LogP contribution in [0.1, 0.15) is 23.9 Å². The molecule has 0 amide bonds. The van der Waals surface area contributed by atoms with Crippen molar-refractivity contribution >= 4 is 27.5 Å². The van der Waals surface area contributed by atoms with Crippen LogP contribution in [0.15, 0.2) is 28.7 Å². The molecule has 1 atom stereocenters. The van der Waals surface area contributed by atoms with Gasteiger partial charge in [-0.2, -0.15) is 5.10 Å². The summed E-state index contributed by atoms with van der Waals surface area (Å²) in [4.78, 5) is 0. The van der Waals surface area contributed by atoms with Crippen LogP contribution in [0.5, 0.6) is 0 Å². The molecule has 0 bridgehead atoms. The molecule has 114 valence electrons. The molecule has 3 nitrogen and oxygen atoms in total. The third kappa shape index (κ3) is 4.09. The van der Waals surface area contributed by atoms with Crippen molar-refractivity contribution in [2.24, 2.45) is 13.0 Å². The van der Waals surface area contributed by atoms with Crippen LogP contribution in [0.4, 0.5) is 0 Å². The summed E-state index contributed by atoms with van der Waals surface area (Å²) in [5.41, 5.74) is 3.39. The lowest BCUT2D eigenvalue weighted by Crippen LogP contribution is -2.15. The molecule has 0 saturated heterocycles. The molecule has 0 spiro atoms. The number of hydrogen-bond acceptors (Lipinski definition) is 2. The number of hydrogen-bond donors (Lipinski definition) is 1. The Kier molecular flexibility index (Phi) is 5.85. The molecular weight excluding hydrogens is 352 g/mol. The Hall–Kier alpha value is -0.840. The Morgan fingerprint density at radius 3 is 2.48 bits per heavy atom. The van der Waals surface area contributed by atoms with E-state index in [0.29, 0.717) is 0 Å². The summed E-state index contributed by atoms with van der Waals surface area (Å²) in [6.07, 6.45) is 2.52. The van der Waals surface area contributed by atoms with Crippen LogP contribution < -0.4 is 0 Å². The van der Waals surface area contributed by atoms with Crippen LogP contribution in [0.3, 0.4) is 0 Å². The molecule has 0 aliphatic rings.